The van der Waals surface area contributed by atoms with Crippen LogP contribution in [0.25, 0.3) is 0 Å². The Balaban J connectivity index is 2.05. The third-order valence-corrected chi connectivity index (χ3v) is 7.48. The molecule has 3 aromatic carbocycles. The fraction of sp³-hybridized carbons (Fsp3) is 0.286. The first-order chi connectivity index (χ1) is 18.1. The van der Waals surface area contributed by atoms with Crippen LogP contribution in [0.5, 0.6) is 0 Å². The molecule has 10 heteroatoms. The average molecular weight is 605 g/mol. The lowest BCUT2D eigenvalue weighted by molar-refractivity contribution is -0.140. The summed E-state index contributed by atoms with van der Waals surface area (Å²) in [6, 6.07) is 21.0. The van der Waals surface area contributed by atoms with Gasteiger partial charge >= 0.3 is 0 Å². The van der Waals surface area contributed by atoms with Crippen LogP contribution >= 0.6 is 15.9 Å². The first-order valence-corrected chi connectivity index (χ1v) is 14.8. The van der Waals surface area contributed by atoms with Gasteiger partial charge < -0.3 is 10.2 Å². The van der Waals surface area contributed by atoms with Crippen molar-refractivity contribution in [2.45, 2.75) is 32.4 Å². The SMILES string of the molecule is CCCNC(=O)[C@H](Cc1ccccc1)N(Cc1cccc(Br)c1)C(=O)CN(c1ccccc1F)S(C)(=O)=O. The number of hydrogen-bond acceptors (Lipinski definition) is 4. The second-order valence-electron chi connectivity index (χ2n) is 8.87. The smallest absolute Gasteiger partial charge is 0.244 e. The van der Waals surface area contributed by atoms with Crippen molar-refractivity contribution in [2.75, 3.05) is 23.7 Å². The molecule has 0 heterocycles. The minimum absolute atomic E-state index is 0.0458. The fourth-order valence-electron chi connectivity index (χ4n) is 4.00. The molecule has 0 saturated heterocycles. The molecule has 0 radical (unpaired) electrons. The van der Waals surface area contributed by atoms with Gasteiger partial charge in [0.05, 0.1) is 11.9 Å². The van der Waals surface area contributed by atoms with Crippen LogP contribution in [0, 0.1) is 5.82 Å². The summed E-state index contributed by atoms with van der Waals surface area (Å²) in [6.45, 7) is 1.73. The van der Waals surface area contributed by atoms with E-state index >= 15 is 0 Å². The number of sulfonamides is 1. The number of carbonyl (C=O) groups excluding carboxylic acids is 2. The topological polar surface area (TPSA) is 86.8 Å². The second-order valence-corrected chi connectivity index (χ2v) is 11.7. The van der Waals surface area contributed by atoms with E-state index in [9.17, 15) is 22.4 Å². The molecular weight excluding hydrogens is 573 g/mol. The van der Waals surface area contributed by atoms with Crippen molar-refractivity contribution in [1.82, 2.24) is 10.2 Å². The standard InChI is InChI=1S/C28H31BrFN3O4S/c1-3-16-31-28(35)26(18-21-10-5-4-6-11-21)32(19-22-12-9-13-23(29)17-22)27(34)20-33(38(2,36)37)25-15-8-7-14-24(25)30/h4-15,17,26H,3,16,18-20H2,1-2H3,(H,31,35)/t26-/m0/s1. The quantitative estimate of drug-likeness (QED) is 0.330. The van der Waals surface area contributed by atoms with Crippen LogP contribution in [0.4, 0.5) is 10.1 Å². The Morgan fingerprint density at radius 3 is 2.26 bits per heavy atom. The van der Waals surface area contributed by atoms with E-state index in [1.807, 2.05) is 61.5 Å². The molecule has 3 aromatic rings. The number of nitrogens with one attached hydrogen (secondary N) is 1. The summed E-state index contributed by atoms with van der Waals surface area (Å²) in [6.07, 6.45) is 1.84. The third kappa shape index (κ3) is 8.13. The molecule has 38 heavy (non-hydrogen) atoms. The van der Waals surface area contributed by atoms with E-state index in [-0.39, 0.29) is 24.6 Å². The highest BCUT2D eigenvalue weighted by molar-refractivity contribution is 9.10. The first kappa shape index (κ1) is 29.3. The van der Waals surface area contributed by atoms with E-state index in [0.717, 1.165) is 32.2 Å². The Labute approximate surface area is 231 Å². The minimum Gasteiger partial charge on any atom is -0.354 e. The fourth-order valence-corrected chi connectivity index (χ4v) is 5.30. The summed E-state index contributed by atoms with van der Waals surface area (Å²) in [5.74, 6) is -1.76. The molecule has 2 amide bonds. The molecule has 0 aliphatic heterocycles. The van der Waals surface area contributed by atoms with E-state index in [0.29, 0.717) is 13.0 Å². The average Bonchev–Trinajstić information content (AvgIpc) is 2.88. The summed E-state index contributed by atoms with van der Waals surface area (Å²) < 4.78 is 41.5. The van der Waals surface area contributed by atoms with Crippen LogP contribution in [0.2, 0.25) is 0 Å². The van der Waals surface area contributed by atoms with Crippen molar-refractivity contribution in [3.8, 4) is 0 Å². The molecule has 0 unspecified atom stereocenters. The molecule has 0 saturated carbocycles. The maximum Gasteiger partial charge on any atom is 0.244 e. The van der Waals surface area contributed by atoms with Crippen molar-refractivity contribution < 1.29 is 22.4 Å². The Morgan fingerprint density at radius 1 is 0.974 bits per heavy atom. The van der Waals surface area contributed by atoms with Gasteiger partial charge in [-0.05, 0) is 41.8 Å². The zero-order valence-corrected chi connectivity index (χ0v) is 23.7. The zero-order valence-electron chi connectivity index (χ0n) is 21.3. The highest BCUT2D eigenvalue weighted by atomic mass is 79.9. The molecule has 0 fully saturated rings. The van der Waals surface area contributed by atoms with Gasteiger partial charge in [-0.1, -0.05) is 77.5 Å². The highest BCUT2D eigenvalue weighted by Gasteiger charge is 2.33. The molecule has 1 atom stereocenters. The number of para-hydroxylation sites is 1. The lowest BCUT2D eigenvalue weighted by Crippen LogP contribution is -2.53. The predicted molar refractivity (Wildman–Crippen MR) is 151 cm³/mol. The molecule has 7 nitrogen and oxygen atoms in total. The molecular formula is C28H31BrFN3O4S. The highest BCUT2D eigenvalue weighted by Crippen LogP contribution is 2.23. The number of benzene rings is 3. The molecule has 202 valence electrons. The summed E-state index contributed by atoms with van der Waals surface area (Å²) in [5, 5.41) is 2.88. The number of halogens is 2. The lowest BCUT2D eigenvalue weighted by atomic mass is 10.0. The van der Waals surface area contributed by atoms with Crippen LogP contribution in [0.15, 0.2) is 83.3 Å². The number of carbonyl (C=O) groups is 2. The van der Waals surface area contributed by atoms with Crippen molar-refractivity contribution in [2.24, 2.45) is 0 Å². The Morgan fingerprint density at radius 2 is 1.63 bits per heavy atom. The van der Waals surface area contributed by atoms with Crippen LogP contribution in [-0.4, -0.2) is 50.5 Å². The largest absolute Gasteiger partial charge is 0.354 e. The summed E-state index contributed by atoms with van der Waals surface area (Å²) >= 11 is 3.44. The molecule has 1 N–H and O–H groups in total. The van der Waals surface area contributed by atoms with E-state index in [1.165, 1.54) is 23.1 Å². The molecule has 0 spiro atoms. The van der Waals surface area contributed by atoms with E-state index in [1.54, 1.807) is 0 Å². The van der Waals surface area contributed by atoms with Gasteiger partial charge in [0.25, 0.3) is 0 Å². The van der Waals surface area contributed by atoms with Crippen LogP contribution in [0.1, 0.15) is 24.5 Å². The van der Waals surface area contributed by atoms with Gasteiger partial charge in [-0.2, -0.15) is 0 Å². The Bertz CT molecular complexity index is 1350. The van der Waals surface area contributed by atoms with Gasteiger partial charge in [0.2, 0.25) is 21.8 Å². The summed E-state index contributed by atoms with van der Waals surface area (Å²) in [5.41, 5.74) is 1.34. The number of nitrogens with zero attached hydrogens (tertiary/aromatic N) is 2. The Hall–Kier alpha value is -3.24. The van der Waals surface area contributed by atoms with Crippen molar-refractivity contribution in [1.29, 1.82) is 0 Å². The lowest BCUT2D eigenvalue weighted by Gasteiger charge is -2.33. The van der Waals surface area contributed by atoms with Crippen LogP contribution < -0.4 is 9.62 Å². The number of amides is 2. The second kappa shape index (κ2) is 13.5. The summed E-state index contributed by atoms with van der Waals surface area (Å²) in [7, 11) is -4.03. The number of rotatable bonds is 12. The summed E-state index contributed by atoms with van der Waals surface area (Å²) in [4.78, 5) is 28.7. The number of hydrogen-bond donors (Lipinski definition) is 1. The maximum absolute atomic E-state index is 14.6. The van der Waals surface area contributed by atoms with Gasteiger partial charge in [-0.3, -0.25) is 13.9 Å². The first-order valence-electron chi connectivity index (χ1n) is 12.2. The van der Waals surface area contributed by atoms with Gasteiger partial charge in [-0.25, -0.2) is 12.8 Å². The van der Waals surface area contributed by atoms with Gasteiger partial charge in [0, 0.05) is 24.0 Å². The monoisotopic (exact) mass is 603 g/mol. The predicted octanol–water partition coefficient (Wildman–Crippen LogP) is 4.52. The van der Waals surface area contributed by atoms with Crippen molar-refractivity contribution in [3.63, 3.8) is 0 Å². The molecule has 0 bridgehead atoms. The molecule has 0 aliphatic rings. The van der Waals surface area contributed by atoms with Crippen molar-refractivity contribution in [3.05, 3.63) is 100 Å². The molecule has 0 aliphatic carbocycles. The van der Waals surface area contributed by atoms with Gasteiger partial charge in [0.1, 0.15) is 18.4 Å². The maximum atomic E-state index is 14.6. The van der Waals surface area contributed by atoms with Gasteiger partial charge in [-0.15, -0.1) is 0 Å². The minimum atomic E-state index is -4.03. The normalized spacial score (nSPS) is 12.0. The van der Waals surface area contributed by atoms with E-state index in [2.05, 4.69) is 21.2 Å². The van der Waals surface area contributed by atoms with Gasteiger partial charge in [0.15, 0.2) is 0 Å². The Kier molecular flexibility index (Phi) is 10.4. The van der Waals surface area contributed by atoms with E-state index in [4.69, 9.17) is 0 Å². The van der Waals surface area contributed by atoms with Crippen LogP contribution in [0.3, 0.4) is 0 Å². The number of anilines is 1. The van der Waals surface area contributed by atoms with Crippen LogP contribution in [-0.2, 0) is 32.6 Å². The molecule has 0 aromatic heterocycles. The molecule has 3 rings (SSSR count). The van der Waals surface area contributed by atoms with E-state index < -0.39 is 34.3 Å². The van der Waals surface area contributed by atoms with Crippen molar-refractivity contribution >= 4 is 43.5 Å². The zero-order chi connectivity index (χ0) is 27.7. The third-order valence-electron chi connectivity index (χ3n) is 5.86.